The quantitative estimate of drug-likeness (QED) is 0.715. The van der Waals surface area contributed by atoms with Gasteiger partial charge in [-0.25, -0.2) is 0 Å². The van der Waals surface area contributed by atoms with E-state index in [2.05, 4.69) is 20.8 Å². The maximum Gasteiger partial charge on any atom is 0.306 e. The van der Waals surface area contributed by atoms with E-state index in [1.54, 1.807) is 19.1 Å². The summed E-state index contributed by atoms with van der Waals surface area (Å²) in [5.74, 6) is 0.0654. The van der Waals surface area contributed by atoms with Gasteiger partial charge in [0.1, 0.15) is 5.75 Å². The third kappa shape index (κ3) is 4.99. The highest BCUT2D eigenvalue weighted by Crippen LogP contribution is 2.40. The highest BCUT2D eigenvalue weighted by molar-refractivity contribution is 6.30. The van der Waals surface area contributed by atoms with E-state index in [0.29, 0.717) is 24.5 Å². The van der Waals surface area contributed by atoms with Crippen molar-refractivity contribution in [2.24, 2.45) is 0 Å². The second kappa shape index (κ2) is 7.92. The number of aromatic hydroxyl groups is 1. The van der Waals surface area contributed by atoms with E-state index in [0.717, 1.165) is 22.3 Å². The van der Waals surface area contributed by atoms with Gasteiger partial charge < -0.3 is 9.84 Å². The molecule has 0 aliphatic rings. The van der Waals surface area contributed by atoms with Crippen LogP contribution in [0.1, 0.15) is 45.2 Å². The van der Waals surface area contributed by atoms with Crippen molar-refractivity contribution in [1.29, 1.82) is 0 Å². The van der Waals surface area contributed by atoms with Crippen molar-refractivity contribution >= 4 is 17.6 Å². The van der Waals surface area contributed by atoms with E-state index in [1.165, 1.54) is 0 Å². The van der Waals surface area contributed by atoms with Gasteiger partial charge in [-0.15, -0.1) is 0 Å². The van der Waals surface area contributed by atoms with Crippen LogP contribution >= 0.6 is 11.6 Å². The lowest BCUT2D eigenvalue weighted by atomic mass is 9.82. The molecule has 0 bridgehead atoms. The van der Waals surface area contributed by atoms with Gasteiger partial charge >= 0.3 is 5.97 Å². The molecule has 0 aliphatic heterocycles. The summed E-state index contributed by atoms with van der Waals surface area (Å²) in [7, 11) is 0. The zero-order valence-corrected chi connectivity index (χ0v) is 16.0. The molecule has 0 spiro atoms. The number of esters is 1. The number of carbonyl (C=O) groups is 1. The summed E-state index contributed by atoms with van der Waals surface area (Å²) in [5.41, 5.74) is 3.29. The molecule has 0 fully saturated rings. The zero-order chi connectivity index (χ0) is 18.6. The highest BCUT2D eigenvalue weighted by atomic mass is 35.5. The van der Waals surface area contributed by atoms with Gasteiger partial charge in [-0.3, -0.25) is 4.79 Å². The van der Waals surface area contributed by atoms with Crippen LogP contribution in [0.2, 0.25) is 5.02 Å². The van der Waals surface area contributed by atoms with Crippen LogP contribution in [0.4, 0.5) is 0 Å². The Morgan fingerprint density at radius 1 is 1.16 bits per heavy atom. The molecular formula is C21H25ClO3. The van der Waals surface area contributed by atoms with E-state index < -0.39 is 0 Å². The molecule has 2 aromatic rings. The Kier molecular flexibility index (Phi) is 6.12. The molecule has 0 saturated carbocycles. The summed E-state index contributed by atoms with van der Waals surface area (Å²) in [5, 5.41) is 11.5. The second-order valence-corrected chi connectivity index (χ2v) is 7.54. The summed E-state index contributed by atoms with van der Waals surface area (Å²) in [6, 6.07) is 11.3. The molecule has 0 amide bonds. The molecule has 1 N–H and O–H groups in total. The van der Waals surface area contributed by atoms with Gasteiger partial charge in [-0.2, -0.15) is 0 Å². The molecule has 0 radical (unpaired) electrons. The third-order valence-corrected chi connectivity index (χ3v) is 4.31. The fraction of sp³-hybridized carbons (Fsp3) is 0.381. The molecule has 0 aliphatic carbocycles. The Morgan fingerprint density at radius 3 is 2.36 bits per heavy atom. The number of ether oxygens (including phenoxy) is 1. The fourth-order valence-electron chi connectivity index (χ4n) is 2.74. The van der Waals surface area contributed by atoms with Crippen LogP contribution in [0.3, 0.4) is 0 Å². The lowest BCUT2D eigenvalue weighted by Crippen LogP contribution is -2.13. The van der Waals surface area contributed by atoms with Gasteiger partial charge in [0, 0.05) is 22.6 Å². The first-order valence-corrected chi connectivity index (χ1v) is 8.88. The van der Waals surface area contributed by atoms with Gasteiger partial charge in [-0.05, 0) is 48.1 Å². The van der Waals surface area contributed by atoms with Crippen LogP contribution in [-0.2, 0) is 21.4 Å². The lowest BCUT2D eigenvalue weighted by molar-refractivity contribution is -0.143. The average molecular weight is 361 g/mol. The third-order valence-electron chi connectivity index (χ3n) is 4.06. The molecular weight excluding hydrogens is 336 g/mol. The SMILES string of the molecule is CCOC(=O)CCc1cc(-c2ccc(Cl)cc2)c(O)c(C(C)(C)C)c1. The number of aryl methyl sites for hydroxylation is 1. The number of phenolic OH excluding ortho intramolecular Hbond substituents is 1. The summed E-state index contributed by atoms with van der Waals surface area (Å²) in [6.45, 7) is 8.36. The van der Waals surface area contributed by atoms with Crippen molar-refractivity contribution < 1.29 is 14.6 Å². The molecule has 3 nitrogen and oxygen atoms in total. The topological polar surface area (TPSA) is 46.5 Å². The first-order valence-electron chi connectivity index (χ1n) is 8.50. The molecule has 25 heavy (non-hydrogen) atoms. The maximum absolute atomic E-state index is 11.7. The number of hydrogen-bond acceptors (Lipinski definition) is 3. The van der Waals surface area contributed by atoms with Crippen molar-refractivity contribution in [1.82, 2.24) is 0 Å². The predicted octanol–water partition coefficient (Wildman–Crippen LogP) is 5.51. The Balaban J connectivity index is 2.45. The molecule has 2 rings (SSSR count). The molecule has 0 aromatic heterocycles. The number of rotatable bonds is 5. The number of carbonyl (C=O) groups excluding carboxylic acids is 1. The van der Waals surface area contributed by atoms with E-state index in [9.17, 15) is 9.90 Å². The van der Waals surface area contributed by atoms with Gasteiger partial charge in [-0.1, -0.05) is 50.6 Å². The normalized spacial score (nSPS) is 11.4. The summed E-state index contributed by atoms with van der Waals surface area (Å²) in [6.07, 6.45) is 0.894. The Hall–Kier alpha value is -2.00. The summed E-state index contributed by atoms with van der Waals surface area (Å²) < 4.78 is 5.01. The first kappa shape index (κ1) is 19.3. The molecule has 0 unspecified atom stereocenters. The second-order valence-electron chi connectivity index (χ2n) is 7.10. The standard InChI is InChI=1S/C21H25ClO3/c1-5-25-19(23)11-6-14-12-17(15-7-9-16(22)10-8-15)20(24)18(13-14)21(2,3)4/h7-10,12-13,24H,5-6,11H2,1-4H3. The largest absolute Gasteiger partial charge is 0.507 e. The lowest BCUT2D eigenvalue weighted by Gasteiger charge is -2.23. The molecule has 4 heteroatoms. The van der Waals surface area contributed by atoms with Crippen molar-refractivity contribution in [3.05, 3.63) is 52.5 Å². The van der Waals surface area contributed by atoms with Gasteiger partial charge in [0.2, 0.25) is 0 Å². The van der Waals surface area contributed by atoms with Crippen LogP contribution in [-0.4, -0.2) is 17.7 Å². The molecule has 0 heterocycles. The van der Waals surface area contributed by atoms with Crippen molar-refractivity contribution in [3.63, 3.8) is 0 Å². The van der Waals surface area contributed by atoms with Crippen LogP contribution in [0.25, 0.3) is 11.1 Å². The van der Waals surface area contributed by atoms with Crippen LogP contribution in [0.15, 0.2) is 36.4 Å². The zero-order valence-electron chi connectivity index (χ0n) is 15.2. The van der Waals surface area contributed by atoms with Gasteiger partial charge in [0.05, 0.1) is 6.61 Å². The summed E-state index contributed by atoms with van der Waals surface area (Å²) >= 11 is 5.97. The molecule has 0 saturated heterocycles. The van der Waals surface area contributed by atoms with Crippen LogP contribution in [0, 0.1) is 0 Å². The number of benzene rings is 2. The smallest absolute Gasteiger partial charge is 0.306 e. The van der Waals surface area contributed by atoms with E-state index in [1.807, 2.05) is 24.3 Å². The van der Waals surface area contributed by atoms with Crippen LogP contribution in [0.5, 0.6) is 5.75 Å². The molecule has 134 valence electrons. The minimum absolute atomic E-state index is 0.207. The predicted molar refractivity (Wildman–Crippen MR) is 102 cm³/mol. The van der Waals surface area contributed by atoms with Gasteiger partial charge in [0.25, 0.3) is 0 Å². The van der Waals surface area contributed by atoms with Gasteiger partial charge in [0.15, 0.2) is 0 Å². The Bertz CT molecular complexity index is 743. The minimum atomic E-state index is -0.217. The average Bonchev–Trinajstić information content (AvgIpc) is 2.54. The molecule has 0 atom stereocenters. The molecule has 2 aromatic carbocycles. The number of phenols is 1. The fourth-order valence-corrected chi connectivity index (χ4v) is 2.87. The van der Waals surface area contributed by atoms with E-state index in [4.69, 9.17) is 16.3 Å². The number of hydrogen-bond donors (Lipinski definition) is 1. The van der Waals surface area contributed by atoms with Crippen molar-refractivity contribution in [2.75, 3.05) is 6.61 Å². The summed E-state index contributed by atoms with van der Waals surface area (Å²) in [4.78, 5) is 11.7. The monoisotopic (exact) mass is 360 g/mol. The Labute approximate surface area is 154 Å². The van der Waals surface area contributed by atoms with E-state index >= 15 is 0 Å². The number of halogens is 1. The highest BCUT2D eigenvalue weighted by Gasteiger charge is 2.22. The minimum Gasteiger partial charge on any atom is -0.507 e. The van der Waals surface area contributed by atoms with Crippen LogP contribution < -0.4 is 0 Å². The first-order chi connectivity index (χ1) is 11.7. The maximum atomic E-state index is 11.7. The van der Waals surface area contributed by atoms with Crippen molar-refractivity contribution in [3.8, 4) is 16.9 Å². The Morgan fingerprint density at radius 2 is 1.80 bits per heavy atom. The van der Waals surface area contributed by atoms with Crippen molar-refractivity contribution in [2.45, 2.75) is 46.0 Å². The van der Waals surface area contributed by atoms with E-state index in [-0.39, 0.29) is 17.1 Å².